The number of aromatic nitrogens is 1. The first-order chi connectivity index (χ1) is 10.3. The molecule has 0 aliphatic carbocycles. The second kappa shape index (κ2) is 6.77. The predicted molar refractivity (Wildman–Crippen MR) is 89.6 cm³/mol. The average molecular weight is 322 g/mol. The Bertz CT molecular complexity index is 629. The summed E-state index contributed by atoms with van der Waals surface area (Å²) in [5, 5.41) is 10.1. The number of carbonyl (C=O) groups is 1. The predicted octanol–water partition coefficient (Wildman–Crippen LogP) is 2.47. The molecule has 0 saturated carbocycles. The van der Waals surface area contributed by atoms with Crippen LogP contribution in [0.25, 0.3) is 10.9 Å². The molecule has 1 aromatic carbocycles. The van der Waals surface area contributed by atoms with Gasteiger partial charge in [-0.2, -0.15) is 11.8 Å². The quantitative estimate of drug-likeness (QED) is 0.802. The highest BCUT2D eigenvalue weighted by Gasteiger charge is 2.33. The van der Waals surface area contributed by atoms with E-state index >= 15 is 0 Å². The number of fused-ring (bicyclic) bond motifs is 1. The van der Waals surface area contributed by atoms with E-state index in [2.05, 4.69) is 17.1 Å². The van der Waals surface area contributed by atoms with Crippen LogP contribution in [0, 0.1) is 0 Å². The molecule has 0 bridgehead atoms. The first kappa shape index (κ1) is 14.8. The zero-order valence-electron chi connectivity index (χ0n) is 11.6. The molecule has 3 rings (SSSR count). The molecule has 1 saturated heterocycles. The van der Waals surface area contributed by atoms with Gasteiger partial charge in [-0.05, 0) is 6.07 Å². The fourth-order valence-corrected chi connectivity index (χ4v) is 4.48. The lowest BCUT2D eigenvalue weighted by molar-refractivity contribution is -0.127. The minimum atomic E-state index is 0.100. The van der Waals surface area contributed by atoms with E-state index in [-0.39, 0.29) is 17.9 Å². The fourth-order valence-electron chi connectivity index (χ4n) is 2.58. The number of para-hydroxylation sites is 1. The van der Waals surface area contributed by atoms with E-state index in [4.69, 9.17) is 5.11 Å². The Balaban J connectivity index is 1.78. The maximum atomic E-state index is 12.1. The highest BCUT2D eigenvalue weighted by molar-refractivity contribution is 8.00. The Morgan fingerprint density at radius 2 is 2.24 bits per heavy atom. The summed E-state index contributed by atoms with van der Waals surface area (Å²) in [5.74, 6) is 2.35. The molecule has 1 aromatic heterocycles. The molecule has 21 heavy (non-hydrogen) atoms. The van der Waals surface area contributed by atoms with Crippen molar-refractivity contribution in [3.8, 4) is 0 Å². The van der Waals surface area contributed by atoms with E-state index in [1.54, 1.807) is 23.5 Å². The summed E-state index contributed by atoms with van der Waals surface area (Å²) >= 11 is 3.38. The molecular weight excluding hydrogens is 304 g/mol. The van der Waals surface area contributed by atoms with E-state index in [0.29, 0.717) is 5.75 Å². The molecule has 0 spiro atoms. The second-order valence-electron chi connectivity index (χ2n) is 4.88. The highest BCUT2D eigenvalue weighted by atomic mass is 32.2. The molecule has 0 radical (unpaired) electrons. The van der Waals surface area contributed by atoms with Gasteiger partial charge in [-0.3, -0.25) is 4.79 Å². The zero-order chi connectivity index (χ0) is 14.7. The van der Waals surface area contributed by atoms with Crippen molar-refractivity contribution in [2.75, 3.05) is 30.4 Å². The molecule has 1 aliphatic rings. The van der Waals surface area contributed by atoms with Crippen LogP contribution in [0.3, 0.4) is 0 Å². The van der Waals surface area contributed by atoms with Gasteiger partial charge in [-0.1, -0.05) is 18.2 Å². The van der Waals surface area contributed by atoms with Crippen molar-refractivity contribution >= 4 is 40.3 Å². The molecule has 6 heteroatoms. The number of rotatable bonds is 6. The zero-order valence-corrected chi connectivity index (χ0v) is 13.3. The molecular formula is C15H18N2O2S2. The highest BCUT2D eigenvalue weighted by Crippen LogP contribution is 2.41. The molecule has 112 valence electrons. The summed E-state index contributed by atoms with van der Waals surface area (Å²) in [5.41, 5.74) is 2.30. The minimum absolute atomic E-state index is 0.100. The van der Waals surface area contributed by atoms with Crippen molar-refractivity contribution < 1.29 is 9.90 Å². The van der Waals surface area contributed by atoms with Gasteiger partial charge >= 0.3 is 0 Å². The van der Waals surface area contributed by atoms with Crippen LogP contribution in [0.4, 0.5) is 0 Å². The molecule has 1 amide bonds. The third-order valence-corrected chi connectivity index (χ3v) is 5.75. The molecule has 2 aromatic rings. The number of nitrogens with zero attached hydrogens (tertiary/aromatic N) is 1. The lowest BCUT2D eigenvalue weighted by Gasteiger charge is -2.23. The maximum Gasteiger partial charge on any atom is 0.233 e. The van der Waals surface area contributed by atoms with Crippen molar-refractivity contribution in [3.63, 3.8) is 0 Å². The number of nitrogens with one attached hydrogen (secondary N) is 1. The average Bonchev–Trinajstić information content (AvgIpc) is 3.08. The van der Waals surface area contributed by atoms with Crippen molar-refractivity contribution in [2.24, 2.45) is 0 Å². The summed E-state index contributed by atoms with van der Waals surface area (Å²) in [6.45, 7) is 0.930. The van der Waals surface area contributed by atoms with Crippen molar-refractivity contribution in [3.05, 3.63) is 36.0 Å². The molecule has 1 aliphatic heterocycles. The normalized spacial score (nSPS) is 18.8. The molecule has 2 N–H and O–H groups in total. The van der Waals surface area contributed by atoms with Crippen molar-refractivity contribution in [1.29, 1.82) is 0 Å². The summed E-state index contributed by atoms with van der Waals surface area (Å²) in [7, 11) is 0. The minimum Gasteiger partial charge on any atom is -0.396 e. The van der Waals surface area contributed by atoms with Crippen molar-refractivity contribution in [1.82, 2.24) is 9.88 Å². The first-order valence-corrected chi connectivity index (χ1v) is 9.17. The number of benzene rings is 1. The lowest BCUT2D eigenvalue weighted by Crippen LogP contribution is -2.30. The van der Waals surface area contributed by atoms with Crippen LogP contribution in [0.2, 0.25) is 0 Å². The number of amides is 1. The Morgan fingerprint density at radius 3 is 3.10 bits per heavy atom. The summed E-state index contributed by atoms with van der Waals surface area (Å²) in [4.78, 5) is 17.4. The van der Waals surface area contributed by atoms with Gasteiger partial charge in [-0.15, -0.1) is 11.8 Å². The topological polar surface area (TPSA) is 56.3 Å². The fraction of sp³-hybridized carbons (Fsp3) is 0.400. The summed E-state index contributed by atoms with van der Waals surface area (Å²) in [6.07, 6.45) is 2.02. The van der Waals surface area contributed by atoms with E-state index < -0.39 is 0 Å². The summed E-state index contributed by atoms with van der Waals surface area (Å²) < 4.78 is 0. The molecule has 1 fully saturated rings. The van der Waals surface area contributed by atoms with E-state index in [0.717, 1.165) is 23.6 Å². The SMILES string of the molecule is O=C1CSC(c2c[nH]c3ccccc23)N1CCSCCO. The first-order valence-electron chi connectivity index (χ1n) is 6.97. The van der Waals surface area contributed by atoms with Gasteiger partial charge in [0, 0.05) is 40.7 Å². The number of hydrogen-bond acceptors (Lipinski definition) is 4. The molecule has 2 heterocycles. The molecule has 1 atom stereocenters. The van der Waals surface area contributed by atoms with Crippen LogP contribution in [0.1, 0.15) is 10.9 Å². The largest absolute Gasteiger partial charge is 0.396 e. The number of aliphatic hydroxyl groups excluding tert-OH is 1. The number of hydrogen-bond donors (Lipinski definition) is 2. The van der Waals surface area contributed by atoms with Gasteiger partial charge < -0.3 is 15.0 Å². The second-order valence-corrected chi connectivity index (χ2v) is 7.17. The van der Waals surface area contributed by atoms with Gasteiger partial charge in [0.05, 0.1) is 12.4 Å². The third-order valence-electron chi connectivity index (χ3n) is 3.57. The van der Waals surface area contributed by atoms with Crippen LogP contribution in [-0.4, -0.2) is 51.3 Å². The number of thioether (sulfide) groups is 2. The van der Waals surface area contributed by atoms with Crippen LogP contribution in [-0.2, 0) is 4.79 Å². The van der Waals surface area contributed by atoms with E-state index in [9.17, 15) is 4.79 Å². The Labute approximate surface area is 132 Å². The molecule has 4 nitrogen and oxygen atoms in total. The van der Waals surface area contributed by atoms with E-state index in [1.807, 2.05) is 23.2 Å². The Morgan fingerprint density at radius 1 is 1.38 bits per heavy atom. The van der Waals surface area contributed by atoms with Gasteiger partial charge in [0.1, 0.15) is 5.37 Å². The number of aromatic amines is 1. The van der Waals surface area contributed by atoms with E-state index in [1.165, 1.54) is 10.9 Å². The van der Waals surface area contributed by atoms with Crippen LogP contribution in [0.5, 0.6) is 0 Å². The lowest BCUT2D eigenvalue weighted by atomic mass is 10.1. The van der Waals surface area contributed by atoms with Crippen LogP contribution < -0.4 is 0 Å². The standard InChI is InChI=1S/C15H18N2O2S2/c18-6-8-20-7-5-17-14(19)10-21-15(17)12-9-16-13-4-2-1-3-11(12)13/h1-4,9,15-16,18H,5-8,10H2. The van der Waals surface area contributed by atoms with Crippen molar-refractivity contribution in [2.45, 2.75) is 5.37 Å². The smallest absolute Gasteiger partial charge is 0.233 e. The van der Waals surface area contributed by atoms with Gasteiger partial charge in [0.2, 0.25) is 5.91 Å². The molecule has 1 unspecified atom stereocenters. The van der Waals surface area contributed by atoms with Gasteiger partial charge in [0.25, 0.3) is 0 Å². The number of H-pyrrole nitrogens is 1. The Hall–Kier alpha value is -1.11. The number of carbonyl (C=O) groups excluding carboxylic acids is 1. The maximum absolute atomic E-state index is 12.1. The van der Waals surface area contributed by atoms with Crippen LogP contribution in [0.15, 0.2) is 30.5 Å². The third kappa shape index (κ3) is 3.07. The van der Waals surface area contributed by atoms with Crippen LogP contribution >= 0.6 is 23.5 Å². The van der Waals surface area contributed by atoms with Gasteiger partial charge in [0.15, 0.2) is 0 Å². The summed E-state index contributed by atoms with van der Waals surface area (Å²) in [6, 6.07) is 8.20. The van der Waals surface area contributed by atoms with Gasteiger partial charge in [-0.25, -0.2) is 0 Å². The Kier molecular flexibility index (Phi) is 4.77. The monoisotopic (exact) mass is 322 g/mol. The number of aliphatic hydroxyl groups is 1.